The number of anilines is 1. The number of fused-ring (bicyclic) bond motifs is 1. The van der Waals surface area contributed by atoms with Crippen molar-refractivity contribution in [2.75, 3.05) is 59.8 Å². The molecule has 0 radical (unpaired) electrons. The minimum Gasteiger partial charge on any atom is -0.496 e. The molecule has 2 aliphatic rings. The van der Waals surface area contributed by atoms with E-state index in [0.29, 0.717) is 48.6 Å². The van der Waals surface area contributed by atoms with Crippen LogP contribution >= 0.6 is 0 Å². The highest BCUT2D eigenvalue weighted by atomic mass is 16.5. The van der Waals surface area contributed by atoms with E-state index in [1.807, 2.05) is 27.0 Å². The maximum absolute atomic E-state index is 12.5. The molecule has 36 heavy (non-hydrogen) atoms. The van der Waals surface area contributed by atoms with Crippen LogP contribution in [0.25, 0.3) is 0 Å². The highest BCUT2D eigenvalue weighted by Crippen LogP contribution is 2.41. The second-order valence-electron chi connectivity index (χ2n) is 9.43. The number of allylic oxidation sites excluding steroid dienone is 2. The Morgan fingerprint density at radius 2 is 1.97 bits per heavy atom. The van der Waals surface area contributed by atoms with Crippen molar-refractivity contribution >= 4 is 23.7 Å². The third-order valence-electron chi connectivity index (χ3n) is 6.69. The summed E-state index contributed by atoms with van der Waals surface area (Å²) in [5.74, 6) is -0.0803. The number of ether oxygens (including phenoxy) is 3. The van der Waals surface area contributed by atoms with Crippen LogP contribution in [0.4, 0.5) is 10.5 Å². The number of methoxy groups -OCH3 is 1. The van der Waals surface area contributed by atoms with Crippen molar-refractivity contribution in [1.29, 1.82) is 0 Å². The molecule has 3 rings (SSSR count). The molecule has 10 heteroatoms. The number of hydrogen-bond donors (Lipinski definition) is 1. The number of esters is 2. The lowest BCUT2D eigenvalue weighted by molar-refractivity contribution is -0.144. The summed E-state index contributed by atoms with van der Waals surface area (Å²) in [6.07, 6.45) is 4.37. The molecule has 0 spiro atoms. The van der Waals surface area contributed by atoms with E-state index in [1.165, 1.54) is 4.90 Å². The molecule has 1 saturated heterocycles. The maximum Gasteiger partial charge on any atom is 0.341 e. The molecular formula is C26H38N4O6. The van der Waals surface area contributed by atoms with Crippen molar-refractivity contribution in [3.63, 3.8) is 0 Å². The fourth-order valence-corrected chi connectivity index (χ4v) is 4.50. The number of nitrogens with zero attached hydrogens (tertiary/aromatic N) is 3. The smallest absolute Gasteiger partial charge is 0.341 e. The van der Waals surface area contributed by atoms with Crippen LogP contribution in [0.3, 0.4) is 0 Å². The van der Waals surface area contributed by atoms with Crippen molar-refractivity contribution in [3.8, 4) is 5.75 Å². The third kappa shape index (κ3) is 6.36. The van der Waals surface area contributed by atoms with Crippen LogP contribution in [0.15, 0.2) is 11.6 Å². The number of hydrogen-bond acceptors (Lipinski definition) is 8. The van der Waals surface area contributed by atoms with E-state index in [0.717, 1.165) is 36.2 Å². The molecule has 0 saturated carbocycles. The van der Waals surface area contributed by atoms with E-state index in [9.17, 15) is 14.4 Å². The Bertz CT molecular complexity index is 1040. The van der Waals surface area contributed by atoms with Crippen LogP contribution in [0.1, 0.15) is 53.2 Å². The number of amides is 2. The predicted octanol–water partition coefficient (Wildman–Crippen LogP) is 3.13. The van der Waals surface area contributed by atoms with Gasteiger partial charge in [0.2, 0.25) is 0 Å². The van der Waals surface area contributed by atoms with Crippen LogP contribution in [-0.2, 0) is 27.3 Å². The van der Waals surface area contributed by atoms with Crippen LogP contribution < -0.4 is 10.1 Å². The Morgan fingerprint density at radius 3 is 2.61 bits per heavy atom. The molecule has 1 aromatic carbocycles. The number of nitrogens with one attached hydrogen (secondary N) is 1. The molecule has 0 unspecified atom stereocenters. The molecule has 10 nitrogen and oxygen atoms in total. The third-order valence-corrected chi connectivity index (χ3v) is 6.69. The molecular weight excluding hydrogens is 464 g/mol. The van der Waals surface area contributed by atoms with Gasteiger partial charge in [-0.3, -0.25) is 4.79 Å². The van der Waals surface area contributed by atoms with E-state index >= 15 is 0 Å². The number of benzene rings is 1. The summed E-state index contributed by atoms with van der Waals surface area (Å²) in [6, 6.07) is -0.354. The lowest BCUT2D eigenvalue weighted by Gasteiger charge is -2.23. The van der Waals surface area contributed by atoms with Crippen LogP contribution in [0, 0.1) is 6.92 Å². The molecule has 2 heterocycles. The number of cyclic esters (lactones) is 1. The topological polar surface area (TPSA) is 101 Å². The van der Waals surface area contributed by atoms with Gasteiger partial charge in [-0.05, 0) is 38.7 Å². The monoisotopic (exact) mass is 502 g/mol. The summed E-state index contributed by atoms with van der Waals surface area (Å²) in [7, 11) is 6.87. The van der Waals surface area contributed by atoms with Gasteiger partial charge >= 0.3 is 18.0 Å². The zero-order chi connectivity index (χ0) is 26.4. The fourth-order valence-electron chi connectivity index (χ4n) is 4.50. The number of urea groups is 1. The Labute approximate surface area is 213 Å². The number of hydrazine groups is 1. The zero-order valence-corrected chi connectivity index (χ0v) is 22.2. The van der Waals surface area contributed by atoms with Gasteiger partial charge in [0.05, 0.1) is 18.4 Å². The van der Waals surface area contributed by atoms with Crippen molar-refractivity contribution in [2.45, 2.75) is 46.1 Å². The van der Waals surface area contributed by atoms with Crippen molar-refractivity contribution in [2.24, 2.45) is 0 Å². The standard InChI is InChI=1S/C26H38N4O6/c1-17(9-11-21(31)35-15-14-30-13-7-12-29(30)5)8-10-19-23(27-26(33)28(3)4)22-20(16-36-25(22)32)18(2)24(19)34-6/h8H,7,9-16H2,1-6H3,(H,27,33)/b17-8+. The number of rotatable bonds is 10. The Balaban J connectivity index is 1.69. The average Bonchev–Trinajstić information content (AvgIpc) is 3.43. The first-order valence-corrected chi connectivity index (χ1v) is 12.3. The van der Waals surface area contributed by atoms with E-state index < -0.39 is 5.97 Å². The minimum absolute atomic E-state index is 0.145. The van der Waals surface area contributed by atoms with E-state index in [-0.39, 0.29) is 25.0 Å². The molecule has 0 atom stereocenters. The van der Waals surface area contributed by atoms with Crippen molar-refractivity contribution in [3.05, 3.63) is 33.9 Å². The fraction of sp³-hybridized carbons (Fsp3) is 0.577. The van der Waals surface area contributed by atoms with E-state index in [4.69, 9.17) is 14.2 Å². The molecule has 0 aliphatic carbocycles. The van der Waals surface area contributed by atoms with Gasteiger partial charge in [-0.15, -0.1) is 0 Å². The molecule has 2 amide bonds. The summed E-state index contributed by atoms with van der Waals surface area (Å²) in [6.45, 7) is 7.09. The van der Waals surface area contributed by atoms with Crippen molar-refractivity contribution in [1.82, 2.24) is 14.9 Å². The SMILES string of the molecule is COc1c(C)c2c(c(NC(=O)N(C)C)c1C/C=C(\C)CCC(=O)OCCN1CCCN1C)C(=O)OC2. The molecule has 1 N–H and O–H groups in total. The molecule has 0 aromatic heterocycles. The summed E-state index contributed by atoms with van der Waals surface area (Å²) in [4.78, 5) is 38.7. The molecule has 1 fully saturated rings. The van der Waals surface area contributed by atoms with E-state index in [2.05, 4.69) is 15.3 Å². The number of carbonyl (C=O) groups excluding carboxylic acids is 3. The molecule has 1 aromatic rings. The minimum atomic E-state index is -0.463. The first kappa shape index (κ1) is 27.5. The molecule has 198 valence electrons. The molecule has 0 bridgehead atoms. The summed E-state index contributed by atoms with van der Waals surface area (Å²) in [5.41, 5.74) is 4.01. The summed E-state index contributed by atoms with van der Waals surface area (Å²) >= 11 is 0. The van der Waals surface area contributed by atoms with Gasteiger partial charge in [-0.2, -0.15) is 0 Å². The lowest BCUT2D eigenvalue weighted by atomic mass is 9.93. The predicted molar refractivity (Wildman–Crippen MR) is 136 cm³/mol. The van der Waals surface area contributed by atoms with Gasteiger partial charge < -0.3 is 24.4 Å². The number of carbonyl (C=O) groups is 3. The van der Waals surface area contributed by atoms with Crippen molar-refractivity contribution < 1.29 is 28.6 Å². The lowest BCUT2D eigenvalue weighted by Crippen LogP contribution is -2.36. The van der Waals surface area contributed by atoms with Gasteiger partial charge in [0.1, 0.15) is 19.0 Å². The van der Waals surface area contributed by atoms with Gasteiger partial charge in [0.15, 0.2) is 0 Å². The highest BCUT2D eigenvalue weighted by molar-refractivity contribution is 6.05. The first-order chi connectivity index (χ1) is 17.1. The normalized spacial score (nSPS) is 16.1. The van der Waals surface area contributed by atoms with Gasteiger partial charge in [-0.25, -0.2) is 19.6 Å². The Hall–Kier alpha value is -3.11. The highest BCUT2D eigenvalue weighted by Gasteiger charge is 2.32. The summed E-state index contributed by atoms with van der Waals surface area (Å²) < 4.78 is 16.4. The van der Waals surface area contributed by atoms with Gasteiger partial charge in [-0.1, -0.05) is 11.6 Å². The Kier molecular flexibility index (Phi) is 9.33. The van der Waals surface area contributed by atoms with E-state index in [1.54, 1.807) is 21.2 Å². The van der Waals surface area contributed by atoms with Crippen LogP contribution in [0.5, 0.6) is 5.75 Å². The second-order valence-corrected chi connectivity index (χ2v) is 9.43. The van der Waals surface area contributed by atoms with Gasteiger partial charge in [0, 0.05) is 58.3 Å². The Morgan fingerprint density at radius 1 is 1.22 bits per heavy atom. The zero-order valence-electron chi connectivity index (χ0n) is 22.2. The maximum atomic E-state index is 12.5. The summed E-state index contributed by atoms with van der Waals surface area (Å²) in [5, 5.41) is 7.21. The first-order valence-electron chi connectivity index (χ1n) is 12.3. The van der Waals surface area contributed by atoms with Crippen LogP contribution in [0.2, 0.25) is 0 Å². The second kappa shape index (κ2) is 12.2. The van der Waals surface area contributed by atoms with Crippen LogP contribution in [-0.4, -0.2) is 87.4 Å². The average molecular weight is 503 g/mol. The molecule has 2 aliphatic heterocycles. The largest absolute Gasteiger partial charge is 0.496 e. The van der Waals surface area contributed by atoms with Gasteiger partial charge in [0.25, 0.3) is 0 Å². The quantitative estimate of drug-likeness (QED) is 0.385.